The number of ether oxygens (including phenoxy) is 3. The highest BCUT2D eigenvalue weighted by Crippen LogP contribution is 2.31. The third kappa shape index (κ3) is 7.12. The van der Waals surface area contributed by atoms with Crippen LogP contribution in [0.1, 0.15) is 48.9 Å². The van der Waals surface area contributed by atoms with Crippen molar-refractivity contribution in [2.45, 2.75) is 44.6 Å². The summed E-state index contributed by atoms with van der Waals surface area (Å²) in [6, 6.07) is 15.8. The van der Waals surface area contributed by atoms with E-state index in [1.807, 2.05) is 12.1 Å². The molecular weight excluding hydrogens is 474 g/mol. The maximum atomic E-state index is 11.6. The molecule has 2 heterocycles. The van der Waals surface area contributed by atoms with E-state index in [9.17, 15) is 4.79 Å². The van der Waals surface area contributed by atoms with Gasteiger partial charge in [-0.1, -0.05) is 36.3 Å². The Labute approximate surface area is 217 Å². The monoisotopic (exact) mass is 509 g/mol. The summed E-state index contributed by atoms with van der Waals surface area (Å²) in [7, 11) is 3.14. The molecule has 0 radical (unpaired) electrons. The van der Waals surface area contributed by atoms with E-state index < -0.39 is 0 Å². The molecule has 7 nitrogen and oxygen atoms in total. The minimum absolute atomic E-state index is 0.347. The molecule has 0 saturated carbocycles. The standard InChI is InChI=1S/C28H35N3O4S/c1-33-19-5-3-4-6-20-35-25-15-17-31(18-16-25)24-13-11-22(12-14-24)27-30-29-26(36-27)21-7-9-23(10-8-21)28(32)34-2/h7-14,25H,3-6,15-20H2,1-2H3. The quantitative estimate of drug-likeness (QED) is 0.224. The SMILES string of the molecule is COCCCCCCOC1CCN(c2ccc(-c3nnc(-c4ccc(C(=O)OC)cc4)s3)cc2)CC1. The zero-order valence-corrected chi connectivity index (χ0v) is 22.0. The average Bonchev–Trinajstić information content (AvgIpc) is 3.43. The van der Waals surface area contributed by atoms with Gasteiger partial charge in [-0.3, -0.25) is 0 Å². The second-order valence-corrected chi connectivity index (χ2v) is 9.97. The molecular formula is C28H35N3O4S. The van der Waals surface area contributed by atoms with Gasteiger partial charge in [0.25, 0.3) is 0 Å². The highest BCUT2D eigenvalue weighted by atomic mass is 32.1. The third-order valence-electron chi connectivity index (χ3n) is 6.50. The average molecular weight is 510 g/mol. The fourth-order valence-electron chi connectivity index (χ4n) is 4.37. The Morgan fingerprint density at radius 3 is 2.03 bits per heavy atom. The predicted molar refractivity (Wildman–Crippen MR) is 144 cm³/mol. The molecule has 8 heteroatoms. The first-order valence-electron chi connectivity index (χ1n) is 12.7. The zero-order chi connectivity index (χ0) is 25.2. The predicted octanol–water partition coefficient (Wildman–Crippen LogP) is 5.85. The van der Waals surface area contributed by atoms with Gasteiger partial charge in [0.15, 0.2) is 0 Å². The number of esters is 1. The molecule has 1 aliphatic heterocycles. The number of aromatic nitrogens is 2. The van der Waals surface area contributed by atoms with Crippen LogP contribution in [0.25, 0.3) is 21.1 Å². The van der Waals surface area contributed by atoms with E-state index in [0.717, 1.165) is 73.1 Å². The van der Waals surface area contributed by atoms with Crippen molar-refractivity contribution in [3.05, 3.63) is 54.1 Å². The van der Waals surface area contributed by atoms with Crippen molar-refractivity contribution in [3.8, 4) is 21.1 Å². The molecule has 1 aliphatic rings. The second kappa shape index (κ2) is 13.5. The van der Waals surface area contributed by atoms with Gasteiger partial charge in [0.05, 0.1) is 18.8 Å². The molecule has 0 spiro atoms. The topological polar surface area (TPSA) is 73.8 Å². The fourth-order valence-corrected chi connectivity index (χ4v) is 5.23. The van der Waals surface area contributed by atoms with Gasteiger partial charge in [0.1, 0.15) is 10.0 Å². The molecule has 192 valence electrons. The van der Waals surface area contributed by atoms with Crippen molar-refractivity contribution in [3.63, 3.8) is 0 Å². The maximum Gasteiger partial charge on any atom is 0.337 e. The first-order valence-corrected chi connectivity index (χ1v) is 13.5. The Kier molecular flexibility index (Phi) is 9.84. The lowest BCUT2D eigenvalue weighted by Crippen LogP contribution is -2.37. The molecule has 0 N–H and O–H groups in total. The van der Waals surface area contributed by atoms with Crippen molar-refractivity contribution in [1.29, 1.82) is 0 Å². The normalized spacial score (nSPS) is 14.2. The van der Waals surface area contributed by atoms with Crippen LogP contribution in [0, 0.1) is 0 Å². The van der Waals surface area contributed by atoms with Crippen LogP contribution in [-0.4, -0.2) is 62.8 Å². The number of hydrogen-bond acceptors (Lipinski definition) is 8. The lowest BCUT2D eigenvalue weighted by molar-refractivity contribution is 0.0345. The molecule has 0 aliphatic carbocycles. The second-order valence-electron chi connectivity index (χ2n) is 8.99. The first kappa shape index (κ1) is 26.3. The van der Waals surface area contributed by atoms with Crippen LogP contribution in [0.15, 0.2) is 48.5 Å². The van der Waals surface area contributed by atoms with Crippen molar-refractivity contribution in [2.75, 3.05) is 45.4 Å². The van der Waals surface area contributed by atoms with Crippen LogP contribution in [-0.2, 0) is 14.2 Å². The summed E-state index contributed by atoms with van der Waals surface area (Å²) in [4.78, 5) is 14.1. The molecule has 0 unspecified atom stereocenters. The van der Waals surface area contributed by atoms with Gasteiger partial charge in [0, 0.05) is 50.2 Å². The summed E-state index contributed by atoms with van der Waals surface area (Å²) in [6.45, 7) is 3.76. The minimum atomic E-state index is -0.347. The minimum Gasteiger partial charge on any atom is -0.465 e. The Hall–Kier alpha value is -2.81. The van der Waals surface area contributed by atoms with E-state index in [-0.39, 0.29) is 5.97 Å². The summed E-state index contributed by atoms with van der Waals surface area (Å²) in [5.74, 6) is -0.347. The van der Waals surface area contributed by atoms with Gasteiger partial charge < -0.3 is 19.1 Å². The highest BCUT2D eigenvalue weighted by molar-refractivity contribution is 7.17. The van der Waals surface area contributed by atoms with E-state index in [2.05, 4.69) is 39.4 Å². The third-order valence-corrected chi connectivity index (χ3v) is 7.52. The van der Waals surface area contributed by atoms with E-state index in [1.165, 1.54) is 25.6 Å². The number of carbonyl (C=O) groups is 1. The number of carbonyl (C=O) groups excluding carboxylic acids is 1. The van der Waals surface area contributed by atoms with Gasteiger partial charge in [-0.25, -0.2) is 4.79 Å². The number of unbranched alkanes of at least 4 members (excludes halogenated alkanes) is 3. The maximum absolute atomic E-state index is 11.6. The Bertz CT molecular complexity index is 1080. The van der Waals surface area contributed by atoms with Crippen molar-refractivity contribution < 1.29 is 19.0 Å². The van der Waals surface area contributed by atoms with Crippen LogP contribution in [0.2, 0.25) is 0 Å². The Morgan fingerprint density at radius 2 is 1.44 bits per heavy atom. The fraction of sp³-hybridized carbons (Fsp3) is 0.464. The van der Waals surface area contributed by atoms with E-state index in [1.54, 1.807) is 30.6 Å². The molecule has 4 rings (SSSR count). The summed E-state index contributed by atoms with van der Waals surface area (Å²) in [5.41, 5.74) is 3.74. The van der Waals surface area contributed by atoms with Crippen molar-refractivity contribution >= 4 is 23.0 Å². The Balaban J connectivity index is 1.25. The summed E-state index contributed by atoms with van der Waals surface area (Å²) in [6.07, 6.45) is 7.22. The molecule has 1 fully saturated rings. The highest BCUT2D eigenvalue weighted by Gasteiger charge is 2.20. The Morgan fingerprint density at radius 1 is 0.861 bits per heavy atom. The summed E-state index contributed by atoms with van der Waals surface area (Å²) < 4.78 is 16.0. The number of hydrogen-bond donors (Lipinski definition) is 0. The number of methoxy groups -OCH3 is 2. The van der Waals surface area contributed by atoms with Crippen LogP contribution >= 0.6 is 11.3 Å². The van der Waals surface area contributed by atoms with E-state index in [4.69, 9.17) is 14.2 Å². The van der Waals surface area contributed by atoms with Crippen LogP contribution in [0.4, 0.5) is 5.69 Å². The van der Waals surface area contributed by atoms with E-state index in [0.29, 0.717) is 11.7 Å². The van der Waals surface area contributed by atoms with Gasteiger partial charge in [-0.15, -0.1) is 10.2 Å². The molecule has 3 aromatic rings. The van der Waals surface area contributed by atoms with Gasteiger partial charge in [0.2, 0.25) is 0 Å². The number of nitrogens with zero attached hydrogens (tertiary/aromatic N) is 3. The molecule has 2 aromatic carbocycles. The molecule has 36 heavy (non-hydrogen) atoms. The van der Waals surface area contributed by atoms with Crippen molar-refractivity contribution in [1.82, 2.24) is 10.2 Å². The van der Waals surface area contributed by atoms with E-state index >= 15 is 0 Å². The van der Waals surface area contributed by atoms with Crippen LogP contribution < -0.4 is 4.90 Å². The molecule has 0 bridgehead atoms. The molecule has 0 atom stereocenters. The largest absolute Gasteiger partial charge is 0.465 e. The van der Waals surface area contributed by atoms with Crippen LogP contribution in [0.5, 0.6) is 0 Å². The first-order chi connectivity index (χ1) is 17.7. The number of rotatable bonds is 12. The zero-order valence-electron chi connectivity index (χ0n) is 21.2. The molecule has 1 aromatic heterocycles. The van der Waals surface area contributed by atoms with Crippen LogP contribution in [0.3, 0.4) is 0 Å². The lowest BCUT2D eigenvalue weighted by Gasteiger charge is -2.33. The summed E-state index contributed by atoms with van der Waals surface area (Å²) >= 11 is 1.54. The number of piperidine rings is 1. The molecule has 1 saturated heterocycles. The summed E-state index contributed by atoms with van der Waals surface area (Å²) in [5, 5.41) is 10.4. The smallest absolute Gasteiger partial charge is 0.337 e. The van der Waals surface area contributed by atoms with Gasteiger partial charge >= 0.3 is 5.97 Å². The number of anilines is 1. The van der Waals surface area contributed by atoms with Crippen molar-refractivity contribution in [2.24, 2.45) is 0 Å². The van der Waals surface area contributed by atoms with Gasteiger partial charge in [-0.05, 0) is 62.1 Å². The lowest BCUT2D eigenvalue weighted by atomic mass is 10.1. The number of benzene rings is 2. The van der Waals surface area contributed by atoms with Gasteiger partial charge in [-0.2, -0.15) is 0 Å². The molecule has 0 amide bonds.